The first-order valence-corrected chi connectivity index (χ1v) is 5.94. The van der Waals surface area contributed by atoms with Crippen molar-refractivity contribution in [1.29, 1.82) is 0 Å². The fourth-order valence-corrected chi connectivity index (χ4v) is 1.78. The molecule has 0 aromatic heterocycles. The number of anilines is 2. The Balaban J connectivity index is 1.86. The third kappa shape index (κ3) is 3.52. The number of hydrogen-bond donors (Lipinski definition) is 2. The van der Waals surface area contributed by atoms with Crippen molar-refractivity contribution in [2.75, 3.05) is 24.2 Å². The summed E-state index contributed by atoms with van der Waals surface area (Å²) in [7, 11) is 1.93. The third-order valence-electron chi connectivity index (χ3n) is 2.74. The van der Waals surface area contributed by atoms with Crippen molar-refractivity contribution in [2.24, 2.45) is 0 Å². The van der Waals surface area contributed by atoms with Crippen LogP contribution < -0.4 is 10.6 Å². The van der Waals surface area contributed by atoms with E-state index in [1.165, 1.54) is 5.56 Å². The molecule has 0 aliphatic heterocycles. The Bertz CT molecular complexity index is 451. The fraction of sp³-hybridized carbons (Fsp3) is 0.200. The van der Waals surface area contributed by atoms with Gasteiger partial charge in [-0.25, -0.2) is 0 Å². The highest BCUT2D eigenvalue weighted by Gasteiger charge is 1.94. The van der Waals surface area contributed by atoms with Gasteiger partial charge in [-0.3, -0.25) is 0 Å². The standard InChI is InChI=1S/C15H18N2/c1-16-14-8-5-9-15(12-14)17-11-10-13-6-3-2-4-7-13/h2-9,12,16-17H,10-11H2,1H3. The first-order valence-electron chi connectivity index (χ1n) is 5.94. The van der Waals surface area contributed by atoms with Gasteiger partial charge < -0.3 is 10.6 Å². The van der Waals surface area contributed by atoms with Crippen LogP contribution in [0, 0.1) is 0 Å². The first kappa shape index (κ1) is 11.5. The lowest BCUT2D eigenvalue weighted by Gasteiger charge is -2.08. The Kier molecular flexibility index (Phi) is 4.03. The van der Waals surface area contributed by atoms with Gasteiger partial charge in [0.25, 0.3) is 0 Å². The number of nitrogens with one attached hydrogen (secondary N) is 2. The normalized spacial score (nSPS) is 9.94. The van der Waals surface area contributed by atoms with Crippen LogP contribution in [-0.4, -0.2) is 13.6 Å². The maximum atomic E-state index is 3.43. The molecule has 0 amide bonds. The second kappa shape index (κ2) is 5.94. The Hall–Kier alpha value is -1.96. The van der Waals surface area contributed by atoms with Crippen molar-refractivity contribution in [3.05, 3.63) is 60.2 Å². The molecule has 2 aromatic rings. The lowest BCUT2D eigenvalue weighted by molar-refractivity contribution is 1.02. The summed E-state index contributed by atoms with van der Waals surface area (Å²) >= 11 is 0. The van der Waals surface area contributed by atoms with Gasteiger partial charge >= 0.3 is 0 Å². The second-order valence-corrected chi connectivity index (χ2v) is 3.99. The zero-order valence-electron chi connectivity index (χ0n) is 10.1. The Labute approximate surface area is 103 Å². The largest absolute Gasteiger partial charge is 0.388 e. The molecular formula is C15H18N2. The molecule has 2 N–H and O–H groups in total. The molecule has 0 saturated heterocycles. The summed E-state index contributed by atoms with van der Waals surface area (Å²) in [6.45, 7) is 0.956. The van der Waals surface area contributed by atoms with Gasteiger partial charge in [0.05, 0.1) is 0 Å². The summed E-state index contributed by atoms with van der Waals surface area (Å²) in [6, 6.07) is 18.8. The minimum absolute atomic E-state index is 0.956. The van der Waals surface area contributed by atoms with E-state index in [2.05, 4.69) is 59.2 Å². The quantitative estimate of drug-likeness (QED) is 0.816. The van der Waals surface area contributed by atoms with E-state index >= 15 is 0 Å². The molecule has 2 rings (SSSR count). The van der Waals surface area contributed by atoms with E-state index in [0.717, 1.165) is 24.3 Å². The van der Waals surface area contributed by atoms with E-state index in [0.29, 0.717) is 0 Å². The topological polar surface area (TPSA) is 24.1 Å². The van der Waals surface area contributed by atoms with Crippen molar-refractivity contribution in [1.82, 2.24) is 0 Å². The highest BCUT2D eigenvalue weighted by atomic mass is 14.9. The van der Waals surface area contributed by atoms with Crippen LogP contribution in [0.5, 0.6) is 0 Å². The average Bonchev–Trinajstić information content (AvgIpc) is 2.40. The lowest BCUT2D eigenvalue weighted by Crippen LogP contribution is -2.04. The fourth-order valence-electron chi connectivity index (χ4n) is 1.78. The van der Waals surface area contributed by atoms with Crippen molar-refractivity contribution in [3.8, 4) is 0 Å². The summed E-state index contributed by atoms with van der Waals surface area (Å²) in [5.41, 5.74) is 3.66. The predicted molar refractivity (Wildman–Crippen MR) is 74.6 cm³/mol. The molecule has 0 radical (unpaired) electrons. The highest BCUT2D eigenvalue weighted by Crippen LogP contribution is 2.14. The van der Waals surface area contributed by atoms with Gasteiger partial charge in [-0.05, 0) is 30.2 Å². The van der Waals surface area contributed by atoms with Crippen molar-refractivity contribution in [3.63, 3.8) is 0 Å². The molecule has 0 bridgehead atoms. The molecule has 0 unspecified atom stereocenters. The molecule has 0 fully saturated rings. The summed E-state index contributed by atoms with van der Waals surface area (Å²) < 4.78 is 0. The van der Waals surface area contributed by atoms with Crippen molar-refractivity contribution < 1.29 is 0 Å². The molecule has 2 heteroatoms. The molecule has 0 saturated carbocycles. The van der Waals surface area contributed by atoms with E-state index in [4.69, 9.17) is 0 Å². The van der Waals surface area contributed by atoms with Crippen LogP contribution in [0.2, 0.25) is 0 Å². The van der Waals surface area contributed by atoms with E-state index in [-0.39, 0.29) is 0 Å². The van der Waals surface area contributed by atoms with Crippen LogP contribution in [0.25, 0.3) is 0 Å². The smallest absolute Gasteiger partial charge is 0.0360 e. The van der Waals surface area contributed by atoms with Crippen molar-refractivity contribution in [2.45, 2.75) is 6.42 Å². The van der Waals surface area contributed by atoms with Gasteiger partial charge in [0.2, 0.25) is 0 Å². The Morgan fingerprint density at radius 2 is 1.65 bits per heavy atom. The summed E-state index contributed by atoms with van der Waals surface area (Å²) in [6.07, 6.45) is 1.05. The van der Waals surface area contributed by atoms with Gasteiger partial charge in [-0.1, -0.05) is 36.4 Å². The molecule has 88 valence electrons. The molecular weight excluding hydrogens is 208 g/mol. The molecule has 0 heterocycles. The number of benzene rings is 2. The van der Waals surface area contributed by atoms with Gasteiger partial charge in [-0.2, -0.15) is 0 Å². The van der Waals surface area contributed by atoms with E-state index in [1.54, 1.807) is 0 Å². The summed E-state index contributed by atoms with van der Waals surface area (Å²) in [5, 5.41) is 6.56. The predicted octanol–water partition coefficient (Wildman–Crippen LogP) is 3.38. The average molecular weight is 226 g/mol. The van der Waals surface area contributed by atoms with Crippen LogP contribution in [-0.2, 0) is 6.42 Å². The van der Waals surface area contributed by atoms with Gasteiger partial charge in [0.15, 0.2) is 0 Å². The number of rotatable bonds is 5. The van der Waals surface area contributed by atoms with Crippen LogP contribution in [0.4, 0.5) is 11.4 Å². The Morgan fingerprint density at radius 1 is 0.882 bits per heavy atom. The zero-order chi connectivity index (χ0) is 11.9. The summed E-state index contributed by atoms with van der Waals surface area (Å²) in [5.74, 6) is 0. The molecule has 17 heavy (non-hydrogen) atoms. The minimum Gasteiger partial charge on any atom is -0.388 e. The third-order valence-corrected chi connectivity index (χ3v) is 2.74. The van der Waals surface area contributed by atoms with Crippen LogP contribution >= 0.6 is 0 Å². The highest BCUT2D eigenvalue weighted by molar-refractivity contribution is 5.56. The molecule has 2 nitrogen and oxygen atoms in total. The SMILES string of the molecule is CNc1cccc(NCCc2ccccc2)c1. The maximum Gasteiger partial charge on any atom is 0.0360 e. The van der Waals surface area contributed by atoms with Crippen LogP contribution in [0.3, 0.4) is 0 Å². The number of hydrogen-bond acceptors (Lipinski definition) is 2. The second-order valence-electron chi connectivity index (χ2n) is 3.99. The zero-order valence-corrected chi connectivity index (χ0v) is 10.1. The van der Waals surface area contributed by atoms with E-state index in [9.17, 15) is 0 Å². The van der Waals surface area contributed by atoms with E-state index < -0.39 is 0 Å². The van der Waals surface area contributed by atoms with Gasteiger partial charge in [0, 0.05) is 25.0 Å². The molecule has 2 aromatic carbocycles. The molecule has 0 aliphatic carbocycles. The molecule has 0 aliphatic rings. The first-order chi connectivity index (χ1) is 8.38. The van der Waals surface area contributed by atoms with Crippen molar-refractivity contribution >= 4 is 11.4 Å². The lowest BCUT2D eigenvalue weighted by atomic mass is 10.1. The van der Waals surface area contributed by atoms with E-state index in [1.807, 2.05) is 13.1 Å². The van der Waals surface area contributed by atoms with Gasteiger partial charge in [-0.15, -0.1) is 0 Å². The molecule has 0 spiro atoms. The molecule has 0 atom stereocenters. The van der Waals surface area contributed by atoms with Crippen LogP contribution in [0.1, 0.15) is 5.56 Å². The van der Waals surface area contributed by atoms with Gasteiger partial charge in [0.1, 0.15) is 0 Å². The summed E-state index contributed by atoms with van der Waals surface area (Å²) in [4.78, 5) is 0. The maximum absolute atomic E-state index is 3.43. The Morgan fingerprint density at radius 3 is 2.41 bits per heavy atom. The van der Waals surface area contributed by atoms with Crippen LogP contribution in [0.15, 0.2) is 54.6 Å². The minimum atomic E-state index is 0.956. The monoisotopic (exact) mass is 226 g/mol.